The maximum Gasteiger partial charge on any atom is 0.137 e. The number of furan rings is 1. The van der Waals surface area contributed by atoms with Gasteiger partial charge in [0.25, 0.3) is 0 Å². The molecule has 0 radical (unpaired) electrons. The minimum absolute atomic E-state index is 0.570. The molecule has 84 valence electrons. The Hall–Kier alpha value is -2.06. The molecular formula is C15H12O2. The van der Waals surface area contributed by atoms with Crippen LogP contribution in [0.3, 0.4) is 0 Å². The molecule has 0 aliphatic carbocycles. The summed E-state index contributed by atoms with van der Waals surface area (Å²) in [5.74, 6) is 0.570. The first kappa shape index (κ1) is 10.1. The molecule has 0 saturated carbocycles. The first-order valence-electron chi connectivity index (χ1n) is 5.55. The largest absolute Gasteiger partial charge is 0.466 e. The standard InChI is InChI=1S/C15H12O2/c16-15(14-6-3-9-17-14)13-8-7-11-4-1-2-5-12(11)10-13/h1-10,15-16H/t15-/m1/s1. The molecule has 0 aliphatic rings. The number of benzene rings is 2. The van der Waals surface area contributed by atoms with E-state index in [2.05, 4.69) is 6.07 Å². The number of fused-ring (bicyclic) bond motifs is 1. The molecule has 0 bridgehead atoms. The van der Waals surface area contributed by atoms with Crippen LogP contribution in [0, 0.1) is 0 Å². The Morgan fingerprint density at radius 2 is 1.71 bits per heavy atom. The Bertz CT molecular complexity index is 626. The molecule has 0 unspecified atom stereocenters. The monoisotopic (exact) mass is 224 g/mol. The highest BCUT2D eigenvalue weighted by Gasteiger charge is 2.12. The van der Waals surface area contributed by atoms with Crippen LogP contribution < -0.4 is 0 Å². The molecule has 1 aromatic heterocycles. The number of aliphatic hydroxyl groups is 1. The molecule has 0 spiro atoms. The van der Waals surface area contributed by atoms with Gasteiger partial charge in [0.2, 0.25) is 0 Å². The summed E-state index contributed by atoms with van der Waals surface area (Å²) >= 11 is 0. The summed E-state index contributed by atoms with van der Waals surface area (Å²) < 4.78 is 5.21. The molecule has 0 aliphatic heterocycles. The SMILES string of the molecule is O[C@H](c1ccc2ccccc2c1)c1ccco1. The second-order valence-corrected chi connectivity index (χ2v) is 4.02. The van der Waals surface area contributed by atoms with Crippen molar-refractivity contribution in [1.29, 1.82) is 0 Å². The van der Waals surface area contributed by atoms with Crippen molar-refractivity contribution < 1.29 is 9.52 Å². The van der Waals surface area contributed by atoms with Gasteiger partial charge in [0.05, 0.1) is 6.26 Å². The number of hydrogen-bond donors (Lipinski definition) is 1. The number of rotatable bonds is 2. The zero-order chi connectivity index (χ0) is 11.7. The zero-order valence-corrected chi connectivity index (χ0v) is 9.21. The second kappa shape index (κ2) is 4.07. The lowest BCUT2D eigenvalue weighted by Crippen LogP contribution is -1.97. The fraction of sp³-hybridized carbons (Fsp3) is 0.0667. The average molecular weight is 224 g/mol. The molecule has 0 saturated heterocycles. The van der Waals surface area contributed by atoms with E-state index in [-0.39, 0.29) is 0 Å². The van der Waals surface area contributed by atoms with Crippen molar-refractivity contribution in [1.82, 2.24) is 0 Å². The van der Waals surface area contributed by atoms with E-state index in [1.54, 1.807) is 18.4 Å². The van der Waals surface area contributed by atoms with Crippen molar-refractivity contribution in [2.75, 3.05) is 0 Å². The Morgan fingerprint density at radius 1 is 0.882 bits per heavy atom. The lowest BCUT2D eigenvalue weighted by Gasteiger charge is -2.09. The van der Waals surface area contributed by atoms with Gasteiger partial charge in [-0.3, -0.25) is 0 Å². The van der Waals surface area contributed by atoms with Crippen LogP contribution >= 0.6 is 0 Å². The van der Waals surface area contributed by atoms with Crippen LogP contribution in [-0.2, 0) is 0 Å². The maximum absolute atomic E-state index is 10.1. The molecule has 2 heteroatoms. The third-order valence-electron chi connectivity index (χ3n) is 2.90. The predicted octanol–water partition coefficient (Wildman–Crippen LogP) is 3.51. The summed E-state index contributed by atoms with van der Waals surface area (Å²) in [6, 6.07) is 17.6. The van der Waals surface area contributed by atoms with Crippen molar-refractivity contribution in [2.45, 2.75) is 6.10 Å². The van der Waals surface area contributed by atoms with E-state index in [1.165, 1.54) is 5.39 Å². The molecule has 0 amide bonds. The van der Waals surface area contributed by atoms with E-state index < -0.39 is 6.10 Å². The van der Waals surface area contributed by atoms with Crippen LogP contribution in [0.2, 0.25) is 0 Å². The highest BCUT2D eigenvalue weighted by atomic mass is 16.4. The van der Waals surface area contributed by atoms with Gasteiger partial charge >= 0.3 is 0 Å². The smallest absolute Gasteiger partial charge is 0.137 e. The predicted molar refractivity (Wildman–Crippen MR) is 66.7 cm³/mol. The lowest BCUT2D eigenvalue weighted by molar-refractivity contribution is 0.189. The first-order valence-corrected chi connectivity index (χ1v) is 5.55. The van der Waals surface area contributed by atoms with Crippen LogP contribution in [0.15, 0.2) is 65.3 Å². The molecule has 1 heterocycles. The van der Waals surface area contributed by atoms with Gasteiger partial charge in [-0.05, 0) is 34.5 Å². The van der Waals surface area contributed by atoms with E-state index in [0.29, 0.717) is 5.76 Å². The first-order chi connectivity index (χ1) is 8.34. The summed E-state index contributed by atoms with van der Waals surface area (Å²) in [7, 11) is 0. The topological polar surface area (TPSA) is 33.4 Å². The Kier molecular flexibility index (Phi) is 2.42. The van der Waals surface area contributed by atoms with Gasteiger partial charge in [0.15, 0.2) is 0 Å². The van der Waals surface area contributed by atoms with Crippen LogP contribution in [0.25, 0.3) is 10.8 Å². The Morgan fingerprint density at radius 3 is 2.47 bits per heavy atom. The van der Waals surface area contributed by atoms with Gasteiger partial charge in [-0.15, -0.1) is 0 Å². The van der Waals surface area contributed by atoms with E-state index in [1.807, 2.05) is 36.4 Å². The van der Waals surface area contributed by atoms with Crippen LogP contribution in [0.1, 0.15) is 17.4 Å². The molecular weight excluding hydrogens is 212 g/mol. The molecule has 17 heavy (non-hydrogen) atoms. The van der Waals surface area contributed by atoms with E-state index in [9.17, 15) is 5.11 Å². The van der Waals surface area contributed by atoms with Crippen molar-refractivity contribution >= 4 is 10.8 Å². The summed E-state index contributed by atoms with van der Waals surface area (Å²) in [4.78, 5) is 0. The highest BCUT2D eigenvalue weighted by molar-refractivity contribution is 5.83. The highest BCUT2D eigenvalue weighted by Crippen LogP contribution is 2.25. The minimum atomic E-state index is -0.699. The quantitative estimate of drug-likeness (QED) is 0.722. The van der Waals surface area contributed by atoms with Crippen molar-refractivity contribution in [3.05, 3.63) is 72.2 Å². The van der Waals surface area contributed by atoms with E-state index >= 15 is 0 Å². The molecule has 1 N–H and O–H groups in total. The van der Waals surface area contributed by atoms with Gasteiger partial charge in [-0.2, -0.15) is 0 Å². The van der Waals surface area contributed by atoms with Crippen molar-refractivity contribution in [3.63, 3.8) is 0 Å². The van der Waals surface area contributed by atoms with Gasteiger partial charge in [-0.1, -0.05) is 36.4 Å². The fourth-order valence-electron chi connectivity index (χ4n) is 1.99. The number of aliphatic hydroxyl groups excluding tert-OH is 1. The maximum atomic E-state index is 10.1. The van der Waals surface area contributed by atoms with E-state index in [4.69, 9.17) is 4.42 Å². The van der Waals surface area contributed by atoms with Gasteiger partial charge in [-0.25, -0.2) is 0 Å². The van der Waals surface area contributed by atoms with Gasteiger partial charge < -0.3 is 9.52 Å². The van der Waals surface area contributed by atoms with Gasteiger partial charge in [0.1, 0.15) is 11.9 Å². The van der Waals surface area contributed by atoms with Crippen molar-refractivity contribution in [3.8, 4) is 0 Å². The minimum Gasteiger partial charge on any atom is -0.466 e. The average Bonchev–Trinajstić information content (AvgIpc) is 2.91. The van der Waals surface area contributed by atoms with Gasteiger partial charge in [0, 0.05) is 0 Å². The van der Waals surface area contributed by atoms with Crippen LogP contribution in [-0.4, -0.2) is 5.11 Å². The third-order valence-corrected chi connectivity index (χ3v) is 2.90. The molecule has 0 fully saturated rings. The normalized spacial score (nSPS) is 12.8. The summed E-state index contributed by atoms with van der Waals surface area (Å²) in [6.45, 7) is 0. The van der Waals surface area contributed by atoms with Crippen molar-refractivity contribution in [2.24, 2.45) is 0 Å². The van der Waals surface area contributed by atoms with Crippen LogP contribution in [0.4, 0.5) is 0 Å². The van der Waals surface area contributed by atoms with Crippen LogP contribution in [0.5, 0.6) is 0 Å². The molecule has 3 aromatic rings. The summed E-state index contributed by atoms with van der Waals surface area (Å²) in [5, 5.41) is 12.4. The molecule has 3 rings (SSSR count). The summed E-state index contributed by atoms with van der Waals surface area (Å²) in [6.07, 6.45) is 0.870. The van der Waals surface area contributed by atoms with E-state index in [0.717, 1.165) is 10.9 Å². The zero-order valence-electron chi connectivity index (χ0n) is 9.21. The molecule has 2 nitrogen and oxygen atoms in total. The Balaban J connectivity index is 2.06. The summed E-state index contributed by atoms with van der Waals surface area (Å²) in [5.41, 5.74) is 0.846. The number of hydrogen-bond acceptors (Lipinski definition) is 2. The fourth-order valence-corrected chi connectivity index (χ4v) is 1.99. The Labute approximate surface area is 99.1 Å². The third kappa shape index (κ3) is 1.83. The molecule has 1 atom stereocenters. The second-order valence-electron chi connectivity index (χ2n) is 4.02. The molecule has 2 aromatic carbocycles. The lowest BCUT2D eigenvalue weighted by atomic mass is 10.0.